The molecule has 0 atom stereocenters. The van der Waals surface area contributed by atoms with Gasteiger partial charge in [-0.15, -0.1) is 0 Å². The van der Waals surface area contributed by atoms with Crippen LogP contribution in [0.25, 0.3) is 0 Å². The highest BCUT2D eigenvalue weighted by Gasteiger charge is 2.18. The van der Waals surface area contributed by atoms with Crippen LogP contribution in [0.4, 0.5) is 0 Å². The number of ether oxygens (including phenoxy) is 2. The second-order valence-corrected chi connectivity index (χ2v) is 3.51. The van der Waals surface area contributed by atoms with Gasteiger partial charge in [0.05, 0.1) is 19.2 Å². The van der Waals surface area contributed by atoms with E-state index in [9.17, 15) is 14.9 Å². The topological polar surface area (TPSA) is 78.7 Å². The van der Waals surface area contributed by atoms with Crippen molar-refractivity contribution >= 4 is 17.4 Å². The molecule has 0 amide bonds. The van der Waals surface area contributed by atoms with Gasteiger partial charge in [0.1, 0.15) is 0 Å². The molecule has 0 radical (unpaired) electrons. The van der Waals surface area contributed by atoms with E-state index in [4.69, 9.17) is 21.1 Å². The highest BCUT2D eigenvalue weighted by Crippen LogP contribution is 2.36. The molecule has 0 fully saturated rings. The van der Waals surface area contributed by atoms with E-state index in [2.05, 4.69) is 0 Å². The van der Waals surface area contributed by atoms with E-state index in [0.717, 1.165) is 0 Å². The number of hydrogen-bond acceptors (Lipinski definition) is 5. The van der Waals surface area contributed by atoms with Gasteiger partial charge in [-0.3, -0.25) is 14.9 Å². The number of hydrogen-bond donors (Lipinski definition) is 0. The van der Waals surface area contributed by atoms with Gasteiger partial charge in [0, 0.05) is 10.5 Å². The smallest absolute Gasteiger partial charge is 0.265 e. The normalized spacial score (nSPS) is 9.82. The summed E-state index contributed by atoms with van der Waals surface area (Å²) in [4.78, 5) is 21.0. The summed E-state index contributed by atoms with van der Waals surface area (Å²) in [7, 11) is 2.79. The molecular formula is C10H10ClNO5. The molecule has 6 nitrogen and oxygen atoms in total. The first kappa shape index (κ1) is 13.2. The van der Waals surface area contributed by atoms with Crippen molar-refractivity contribution in [2.45, 2.75) is 0 Å². The Morgan fingerprint density at radius 2 is 2.06 bits per heavy atom. The summed E-state index contributed by atoms with van der Waals surface area (Å²) < 4.78 is 9.96. The third-order valence-electron chi connectivity index (χ3n) is 2.03. The zero-order valence-electron chi connectivity index (χ0n) is 9.23. The minimum Gasteiger partial charge on any atom is -0.493 e. The van der Waals surface area contributed by atoms with Gasteiger partial charge in [-0.25, -0.2) is 0 Å². The van der Waals surface area contributed by atoms with Crippen molar-refractivity contribution in [1.82, 2.24) is 0 Å². The van der Waals surface area contributed by atoms with Gasteiger partial charge >= 0.3 is 0 Å². The predicted octanol–water partition coefficient (Wildman–Crippen LogP) is 1.82. The van der Waals surface area contributed by atoms with Crippen molar-refractivity contribution in [2.24, 2.45) is 0 Å². The van der Waals surface area contributed by atoms with E-state index in [-0.39, 0.29) is 22.1 Å². The van der Waals surface area contributed by atoms with Crippen LogP contribution in [-0.4, -0.2) is 31.5 Å². The molecule has 0 aliphatic carbocycles. The van der Waals surface area contributed by atoms with Crippen molar-refractivity contribution in [2.75, 3.05) is 20.8 Å². The molecule has 0 bridgehead atoms. The quantitative estimate of drug-likeness (QED) is 0.458. The number of methoxy groups -OCH3 is 2. The Balaban J connectivity index is 3.15. The first-order valence-electron chi connectivity index (χ1n) is 4.56. The number of nitro groups is 1. The van der Waals surface area contributed by atoms with E-state index >= 15 is 0 Å². The first-order chi connectivity index (χ1) is 7.99. The summed E-state index contributed by atoms with van der Waals surface area (Å²) in [5.74, 6) is -0.101. The molecule has 0 aliphatic heterocycles. The zero-order valence-corrected chi connectivity index (χ0v) is 9.98. The molecule has 0 saturated heterocycles. The summed E-state index contributed by atoms with van der Waals surface area (Å²) >= 11 is 5.87. The Kier molecular flexibility index (Phi) is 4.28. The predicted molar refractivity (Wildman–Crippen MR) is 60.7 cm³/mol. The summed E-state index contributed by atoms with van der Waals surface area (Å²) in [6, 6.07) is 2.67. The maximum absolute atomic E-state index is 11.5. The van der Waals surface area contributed by atoms with Crippen LogP contribution in [0.15, 0.2) is 12.1 Å². The van der Waals surface area contributed by atoms with Crippen LogP contribution in [0.5, 0.6) is 11.5 Å². The van der Waals surface area contributed by atoms with Crippen molar-refractivity contribution < 1.29 is 19.2 Å². The van der Waals surface area contributed by atoms with Crippen LogP contribution < -0.4 is 9.47 Å². The minimum atomic E-state index is -0.786. The van der Waals surface area contributed by atoms with Crippen LogP contribution in [0.3, 0.4) is 0 Å². The molecule has 0 heterocycles. The third kappa shape index (κ3) is 3.07. The number of rotatable bonds is 5. The van der Waals surface area contributed by atoms with Crippen LogP contribution in [-0.2, 0) is 0 Å². The molecule has 0 aromatic heterocycles. The van der Waals surface area contributed by atoms with E-state index in [1.54, 1.807) is 0 Å². The van der Waals surface area contributed by atoms with Gasteiger partial charge in [0.2, 0.25) is 5.78 Å². The van der Waals surface area contributed by atoms with Crippen molar-refractivity contribution in [3.8, 4) is 11.5 Å². The van der Waals surface area contributed by atoms with E-state index in [1.807, 2.05) is 0 Å². The average Bonchev–Trinajstić information content (AvgIpc) is 2.26. The summed E-state index contributed by atoms with van der Waals surface area (Å²) in [6.07, 6.45) is 0. The van der Waals surface area contributed by atoms with Gasteiger partial charge in [-0.1, -0.05) is 11.6 Å². The van der Waals surface area contributed by atoms with Crippen LogP contribution in [0, 0.1) is 10.1 Å². The van der Waals surface area contributed by atoms with Crippen molar-refractivity contribution in [3.05, 3.63) is 32.8 Å². The second-order valence-electron chi connectivity index (χ2n) is 3.11. The van der Waals surface area contributed by atoms with Gasteiger partial charge in [-0.2, -0.15) is 0 Å². The van der Waals surface area contributed by atoms with Crippen LogP contribution >= 0.6 is 11.6 Å². The molecule has 17 heavy (non-hydrogen) atoms. The monoisotopic (exact) mass is 259 g/mol. The fourth-order valence-electron chi connectivity index (χ4n) is 1.29. The molecule has 7 heteroatoms. The average molecular weight is 260 g/mol. The standard InChI is InChI=1S/C10H10ClNO5/c1-16-9-4-6(8(13)5-12(14)15)3-7(11)10(9)17-2/h3-4H,5H2,1-2H3. The largest absolute Gasteiger partial charge is 0.493 e. The number of ketones is 1. The molecule has 0 unspecified atom stereocenters. The number of carbonyl (C=O) groups is 1. The summed E-state index contributed by atoms with van der Waals surface area (Å²) in [5, 5.41) is 10.4. The third-order valence-corrected chi connectivity index (χ3v) is 2.31. The maximum atomic E-state index is 11.5. The van der Waals surface area contributed by atoms with Crippen molar-refractivity contribution in [1.29, 1.82) is 0 Å². The van der Waals surface area contributed by atoms with E-state index < -0.39 is 17.3 Å². The zero-order chi connectivity index (χ0) is 13.0. The lowest BCUT2D eigenvalue weighted by molar-refractivity contribution is -0.465. The lowest BCUT2D eigenvalue weighted by atomic mass is 10.1. The molecule has 1 rings (SSSR count). The number of Topliss-reactive ketones (excluding diaryl/α,β-unsaturated/α-hetero) is 1. The Hall–Kier alpha value is -1.82. The highest BCUT2D eigenvalue weighted by atomic mass is 35.5. The lowest BCUT2D eigenvalue weighted by Crippen LogP contribution is -2.14. The Morgan fingerprint density at radius 3 is 2.53 bits per heavy atom. The summed E-state index contributed by atoms with van der Waals surface area (Å²) in [5.41, 5.74) is 0.115. The highest BCUT2D eigenvalue weighted by molar-refractivity contribution is 6.32. The number of carbonyl (C=O) groups excluding carboxylic acids is 1. The van der Waals surface area contributed by atoms with Crippen LogP contribution in [0.2, 0.25) is 5.02 Å². The van der Waals surface area contributed by atoms with Crippen molar-refractivity contribution in [3.63, 3.8) is 0 Å². The SMILES string of the molecule is COc1cc(C(=O)C[N+](=O)[O-])cc(Cl)c1OC. The summed E-state index contributed by atoms with van der Waals surface area (Å²) in [6.45, 7) is -0.786. The molecule has 0 spiro atoms. The maximum Gasteiger partial charge on any atom is 0.265 e. The fourth-order valence-corrected chi connectivity index (χ4v) is 1.58. The molecule has 0 N–H and O–H groups in total. The Labute approximate surface area is 102 Å². The lowest BCUT2D eigenvalue weighted by Gasteiger charge is -2.10. The molecule has 1 aromatic carbocycles. The molecule has 1 aromatic rings. The number of benzene rings is 1. The molecular weight excluding hydrogens is 250 g/mol. The van der Waals surface area contributed by atoms with Gasteiger partial charge in [-0.05, 0) is 12.1 Å². The van der Waals surface area contributed by atoms with Gasteiger partial charge < -0.3 is 9.47 Å². The molecule has 0 aliphatic rings. The fraction of sp³-hybridized carbons (Fsp3) is 0.300. The Bertz CT molecular complexity index is 460. The van der Waals surface area contributed by atoms with Crippen LogP contribution in [0.1, 0.15) is 10.4 Å². The second kappa shape index (κ2) is 5.49. The molecule has 92 valence electrons. The van der Waals surface area contributed by atoms with E-state index in [1.165, 1.54) is 26.4 Å². The molecule has 0 saturated carbocycles. The number of nitrogens with zero attached hydrogens (tertiary/aromatic N) is 1. The number of halogens is 1. The minimum absolute atomic E-state index is 0.115. The first-order valence-corrected chi connectivity index (χ1v) is 4.94. The Morgan fingerprint density at radius 1 is 1.41 bits per heavy atom. The van der Waals surface area contributed by atoms with Gasteiger partial charge in [0.15, 0.2) is 11.5 Å². The van der Waals surface area contributed by atoms with Gasteiger partial charge in [0.25, 0.3) is 6.54 Å². The van der Waals surface area contributed by atoms with E-state index in [0.29, 0.717) is 0 Å².